The lowest BCUT2D eigenvalue weighted by atomic mass is 9.80. The molecule has 0 aromatic heterocycles. The highest BCUT2D eigenvalue weighted by atomic mass is 15.2. The standard InChI is InChI=1S/C15H32N2/c1-6-15(7-2,11-16-5)12-17-10-8-9-13(3)14(17)4/h13-14,16H,6-12H2,1-5H3. The molecular weight excluding hydrogens is 208 g/mol. The minimum atomic E-state index is 0.472. The third-order valence-corrected chi connectivity index (χ3v) is 5.09. The van der Waals surface area contributed by atoms with Crippen molar-refractivity contribution in [2.75, 3.05) is 26.7 Å². The van der Waals surface area contributed by atoms with Gasteiger partial charge in [-0.2, -0.15) is 0 Å². The molecule has 17 heavy (non-hydrogen) atoms. The summed E-state index contributed by atoms with van der Waals surface area (Å²) in [4.78, 5) is 2.73. The normalized spacial score (nSPS) is 27.4. The lowest BCUT2D eigenvalue weighted by Gasteiger charge is -2.44. The van der Waals surface area contributed by atoms with Crippen LogP contribution < -0.4 is 5.32 Å². The van der Waals surface area contributed by atoms with Crippen LogP contribution >= 0.6 is 0 Å². The summed E-state index contributed by atoms with van der Waals surface area (Å²) in [6, 6.07) is 0.762. The fraction of sp³-hybridized carbons (Fsp3) is 1.00. The number of nitrogens with zero attached hydrogens (tertiary/aromatic N) is 1. The number of nitrogens with one attached hydrogen (secondary N) is 1. The Balaban J connectivity index is 2.65. The quantitative estimate of drug-likeness (QED) is 0.767. The summed E-state index contributed by atoms with van der Waals surface area (Å²) in [6.07, 6.45) is 5.35. The van der Waals surface area contributed by atoms with Crippen LogP contribution in [0.1, 0.15) is 53.4 Å². The lowest BCUT2D eigenvalue weighted by Crippen LogP contribution is -2.50. The molecule has 1 saturated heterocycles. The Morgan fingerprint density at radius 1 is 1.24 bits per heavy atom. The Morgan fingerprint density at radius 2 is 1.88 bits per heavy atom. The monoisotopic (exact) mass is 240 g/mol. The van der Waals surface area contributed by atoms with Crippen molar-refractivity contribution >= 4 is 0 Å². The maximum absolute atomic E-state index is 3.40. The zero-order chi connectivity index (χ0) is 12.9. The van der Waals surface area contributed by atoms with Gasteiger partial charge in [0.05, 0.1) is 0 Å². The van der Waals surface area contributed by atoms with Crippen molar-refractivity contribution in [3.05, 3.63) is 0 Å². The van der Waals surface area contributed by atoms with Crippen molar-refractivity contribution in [1.82, 2.24) is 10.2 Å². The van der Waals surface area contributed by atoms with Gasteiger partial charge in [0.15, 0.2) is 0 Å². The lowest BCUT2D eigenvalue weighted by molar-refractivity contribution is 0.0550. The van der Waals surface area contributed by atoms with Crippen LogP contribution in [0.25, 0.3) is 0 Å². The van der Waals surface area contributed by atoms with Crippen molar-refractivity contribution in [1.29, 1.82) is 0 Å². The number of likely N-dealkylation sites (tertiary alicyclic amines) is 1. The second-order valence-corrected chi connectivity index (χ2v) is 6.07. The van der Waals surface area contributed by atoms with E-state index in [4.69, 9.17) is 0 Å². The van der Waals surface area contributed by atoms with E-state index in [9.17, 15) is 0 Å². The van der Waals surface area contributed by atoms with Gasteiger partial charge in [-0.25, -0.2) is 0 Å². The maximum atomic E-state index is 3.40. The number of hydrogen-bond donors (Lipinski definition) is 1. The van der Waals surface area contributed by atoms with E-state index in [1.807, 2.05) is 0 Å². The fourth-order valence-corrected chi connectivity index (χ4v) is 3.23. The van der Waals surface area contributed by atoms with Gasteiger partial charge in [0.1, 0.15) is 0 Å². The third-order valence-electron chi connectivity index (χ3n) is 5.09. The molecule has 0 amide bonds. The molecule has 2 unspecified atom stereocenters. The van der Waals surface area contributed by atoms with Gasteiger partial charge >= 0.3 is 0 Å². The van der Waals surface area contributed by atoms with Gasteiger partial charge in [-0.1, -0.05) is 20.8 Å². The van der Waals surface area contributed by atoms with Crippen molar-refractivity contribution in [2.45, 2.75) is 59.4 Å². The number of hydrogen-bond acceptors (Lipinski definition) is 2. The van der Waals surface area contributed by atoms with Gasteiger partial charge in [-0.15, -0.1) is 0 Å². The highest BCUT2D eigenvalue weighted by Crippen LogP contribution is 2.31. The first kappa shape index (κ1) is 15.0. The molecule has 1 rings (SSSR count). The van der Waals surface area contributed by atoms with Gasteiger partial charge in [-0.05, 0) is 57.5 Å². The summed E-state index contributed by atoms with van der Waals surface area (Å²) >= 11 is 0. The Bertz CT molecular complexity index is 211. The predicted octanol–water partition coefficient (Wildman–Crippen LogP) is 3.13. The molecule has 0 saturated carbocycles. The summed E-state index contributed by atoms with van der Waals surface area (Å²) in [6.45, 7) is 13.2. The molecular formula is C15H32N2. The maximum Gasteiger partial charge on any atom is 0.00928 e. The Kier molecular flexibility index (Phi) is 5.94. The first-order chi connectivity index (χ1) is 8.08. The van der Waals surface area contributed by atoms with Crippen LogP contribution in [-0.4, -0.2) is 37.6 Å². The van der Waals surface area contributed by atoms with Crippen molar-refractivity contribution in [2.24, 2.45) is 11.3 Å². The third kappa shape index (κ3) is 3.69. The van der Waals surface area contributed by atoms with Gasteiger partial charge < -0.3 is 5.32 Å². The van der Waals surface area contributed by atoms with Crippen LogP contribution in [0.5, 0.6) is 0 Å². The Morgan fingerprint density at radius 3 is 2.41 bits per heavy atom. The summed E-state index contributed by atoms with van der Waals surface area (Å²) < 4.78 is 0. The largest absolute Gasteiger partial charge is 0.319 e. The van der Waals surface area contributed by atoms with Crippen LogP contribution in [0.3, 0.4) is 0 Å². The minimum absolute atomic E-state index is 0.472. The molecule has 0 bridgehead atoms. The van der Waals surface area contributed by atoms with Crippen LogP contribution in [0.15, 0.2) is 0 Å². The van der Waals surface area contributed by atoms with E-state index in [0.717, 1.165) is 18.5 Å². The molecule has 2 heteroatoms. The van der Waals surface area contributed by atoms with Crippen molar-refractivity contribution < 1.29 is 0 Å². The van der Waals surface area contributed by atoms with Crippen LogP contribution in [0.2, 0.25) is 0 Å². The van der Waals surface area contributed by atoms with E-state index in [1.165, 1.54) is 38.8 Å². The first-order valence-electron chi connectivity index (χ1n) is 7.47. The molecule has 2 nitrogen and oxygen atoms in total. The predicted molar refractivity (Wildman–Crippen MR) is 76.4 cm³/mol. The Labute approximate surface area is 108 Å². The van der Waals surface area contributed by atoms with E-state index >= 15 is 0 Å². The van der Waals surface area contributed by atoms with E-state index in [0.29, 0.717) is 5.41 Å². The van der Waals surface area contributed by atoms with Gasteiger partial charge in [0, 0.05) is 19.1 Å². The smallest absolute Gasteiger partial charge is 0.00928 e. The molecule has 102 valence electrons. The average Bonchev–Trinajstić information content (AvgIpc) is 2.34. The SMILES string of the molecule is CCC(CC)(CNC)CN1CCCC(C)C1C. The molecule has 0 aromatic rings. The van der Waals surface area contributed by atoms with E-state index in [2.05, 4.69) is 45.0 Å². The molecule has 0 radical (unpaired) electrons. The van der Waals surface area contributed by atoms with E-state index in [1.54, 1.807) is 0 Å². The van der Waals surface area contributed by atoms with Crippen molar-refractivity contribution in [3.8, 4) is 0 Å². The summed E-state index contributed by atoms with van der Waals surface area (Å²) in [5.74, 6) is 0.866. The molecule has 0 aromatic carbocycles. The summed E-state index contributed by atoms with van der Waals surface area (Å²) in [7, 11) is 2.09. The fourth-order valence-electron chi connectivity index (χ4n) is 3.23. The second kappa shape index (κ2) is 6.75. The topological polar surface area (TPSA) is 15.3 Å². The van der Waals surface area contributed by atoms with Gasteiger partial charge in [-0.3, -0.25) is 4.90 Å². The molecule has 2 atom stereocenters. The van der Waals surface area contributed by atoms with E-state index < -0.39 is 0 Å². The second-order valence-electron chi connectivity index (χ2n) is 6.07. The summed E-state index contributed by atoms with van der Waals surface area (Å²) in [5, 5.41) is 3.40. The minimum Gasteiger partial charge on any atom is -0.319 e. The summed E-state index contributed by atoms with van der Waals surface area (Å²) in [5.41, 5.74) is 0.472. The molecule has 1 aliphatic rings. The van der Waals surface area contributed by atoms with E-state index in [-0.39, 0.29) is 0 Å². The zero-order valence-electron chi connectivity index (χ0n) is 12.6. The molecule has 0 spiro atoms. The highest BCUT2D eigenvalue weighted by molar-refractivity contribution is 4.87. The average molecular weight is 240 g/mol. The zero-order valence-corrected chi connectivity index (χ0v) is 12.6. The highest BCUT2D eigenvalue weighted by Gasteiger charge is 2.32. The van der Waals surface area contributed by atoms with Crippen LogP contribution in [-0.2, 0) is 0 Å². The van der Waals surface area contributed by atoms with Crippen molar-refractivity contribution in [3.63, 3.8) is 0 Å². The van der Waals surface area contributed by atoms with Gasteiger partial charge in [0.25, 0.3) is 0 Å². The number of rotatable bonds is 6. The molecule has 1 N–H and O–H groups in total. The van der Waals surface area contributed by atoms with Crippen LogP contribution in [0, 0.1) is 11.3 Å². The Hall–Kier alpha value is -0.0800. The van der Waals surface area contributed by atoms with Gasteiger partial charge in [0.2, 0.25) is 0 Å². The molecule has 0 aliphatic carbocycles. The molecule has 1 fully saturated rings. The first-order valence-corrected chi connectivity index (χ1v) is 7.47. The van der Waals surface area contributed by atoms with Crippen LogP contribution in [0.4, 0.5) is 0 Å². The molecule has 1 aliphatic heterocycles. The number of piperidine rings is 1. The molecule has 1 heterocycles.